The Morgan fingerprint density at radius 1 is 1.04 bits per heavy atom. The van der Waals surface area contributed by atoms with Crippen LogP contribution < -0.4 is 0 Å². The SMILES string of the molecule is C[C@]12CC[C@H]3[C@]4(C=C[C@@]5(C=C4C(=O)c4ccc(F)c(F)c4)CC(O)CC[C@]35C)[C@@H]1CC[C@@]2(O)CN(CCc1cccs1)C[C@H](O)CO. The highest BCUT2D eigenvalue weighted by molar-refractivity contribution is 7.09. The van der Waals surface area contributed by atoms with Crippen molar-refractivity contribution in [1.29, 1.82) is 0 Å². The third-order valence-corrected chi connectivity index (χ3v) is 14.5. The molecule has 4 N–H and O–H groups in total. The first kappa shape index (κ1) is 33.2. The van der Waals surface area contributed by atoms with Gasteiger partial charge in [-0.3, -0.25) is 9.69 Å². The minimum absolute atomic E-state index is 0.0771. The van der Waals surface area contributed by atoms with E-state index in [2.05, 4.69) is 43.0 Å². The third-order valence-electron chi connectivity index (χ3n) is 13.6. The summed E-state index contributed by atoms with van der Waals surface area (Å²) in [4.78, 5) is 17.9. The number of allylic oxidation sites excluding steroid dienone is 4. The zero-order valence-electron chi connectivity index (χ0n) is 27.3. The van der Waals surface area contributed by atoms with Crippen molar-refractivity contribution in [3.63, 3.8) is 0 Å². The Bertz CT molecular complexity index is 1600. The van der Waals surface area contributed by atoms with Gasteiger partial charge < -0.3 is 20.4 Å². The van der Waals surface area contributed by atoms with E-state index in [4.69, 9.17) is 0 Å². The van der Waals surface area contributed by atoms with Crippen LogP contribution in [0.5, 0.6) is 0 Å². The maximum Gasteiger partial charge on any atom is 0.189 e. The summed E-state index contributed by atoms with van der Waals surface area (Å²) in [5.74, 6) is -2.40. The smallest absolute Gasteiger partial charge is 0.189 e. The molecule has 1 unspecified atom stereocenters. The Morgan fingerprint density at radius 3 is 2.51 bits per heavy atom. The van der Waals surface area contributed by atoms with E-state index in [1.807, 2.05) is 11.4 Å². The highest BCUT2D eigenvalue weighted by Crippen LogP contribution is 2.78. The summed E-state index contributed by atoms with van der Waals surface area (Å²) in [6, 6.07) is 7.45. The molecule has 254 valence electrons. The van der Waals surface area contributed by atoms with E-state index in [1.165, 1.54) is 10.9 Å². The number of hydrogen-bond acceptors (Lipinski definition) is 7. The summed E-state index contributed by atoms with van der Waals surface area (Å²) in [6.45, 7) is 5.30. The highest BCUT2D eigenvalue weighted by atomic mass is 32.1. The summed E-state index contributed by atoms with van der Waals surface area (Å²) in [5.41, 5.74) is -2.47. The van der Waals surface area contributed by atoms with Gasteiger partial charge in [0.05, 0.1) is 24.4 Å². The fourth-order valence-corrected chi connectivity index (χ4v) is 11.8. The molecule has 3 fully saturated rings. The minimum atomic E-state index is -1.12. The summed E-state index contributed by atoms with van der Waals surface area (Å²) in [5, 5.41) is 45.9. The fourth-order valence-electron chi connectivity index (χ4n) is 11.1. The second kappa shape index (κ2) is 11.7. The number of benzene rings is 1. The van der Waals surface area contributed by atoms with Gasteiger partial charge in [0.1, 0.15) is 0 Å². The van der Waals surface area contributed by atoms with Gasteiger partial charge in [-0.15, -0.1) is 11.3 Å². The zero-order valence-corrected chi connectivity index (χ0v) is 28.1. The van der Waals surface area contributed by atoms with Crippen LogP contribution in [-0.2, 0) is 6.42 Å². The second-order valence-electron chi connectivity index (χ2n) is 15.7. The molecule has 2 spiro atoms. The van der Waals surface area contributed by atoms with Crippen LogP contribution in [-0.4, -0.2) is 75.2 Å². The number of ketones is 1. The van der Waals surface area contributed by atoms with Crippen molar-refractivity contribution in [3.05, 3.63) is 81.6 Å². The average Bonchev–Trinajstić information content (AvgIpc) is 3.66. The summed E-state index contributed by atoms with van der Waals surface area (Å²) in [6.07, 6.45) is 10.6. The molecule has 0 aliphatic heterocycles. The molecule has 1 heterocycles. The topological polar surface area (TPSA) is 101 Å². The number of halogens is 2. The molecule has 47 heavy (non-hydrogen) atoms. The van der Waals surface area contributed by atoms with Gasteiger partial charge in [-0.1, -0.05) is 38.1 Å². The van der Waals surface area contributed by atoms with Crippen LogP contribution in [0.15, 0.2) is 59.5 Å². The molecule has 6 aliphatic carbocycles. The molecule has 6 aliphatic rings. The van der Waals surface area contributed by atoms with Crippen molar-refractivity contribution in [1.82, 2.24) is 4.90 Å². The minimum Gasteiger partial charge on any atom is -0.394 e. The molecule has 6 nitrogen and oxygen atoms in total. The molecule has 8 rings (SSSR count). The van der Waals surface area contributed by atoms with Crippen molar-refractivity contribution in [2.75, 3.05) is 26.2 Å². The Balaban J connectivity index is 1.29. The van der Waals surface area contributed by atoms with Crippen LogP contribution in [0, 0.1) is 45.1 Å². The Morgan fingerprint density at radius 2 is 1.79 bits per heavy atom. The highest BCUT2D eigenvalue weighted by Gasteiger charge is 2.74. The number of fused-ring (bicyclic) bond motifs is 1. The van der Waals surface area contributed by atoms with Crippen LogP contribution in [0.1, 0.15) is 74.0 Å². The van der Waals surface area contributed by atoms with E-state index in [9.17, 15) is 34.0 Å². The molecule has 1 aromatic carbocycles. The molecule has 9 heteroatoms. The van der Waals surface area contributed by atoms with E-state index in [1.54, 1.807) is 11.3 Å². The number of carbonyl (C=O) groups excluding carboxylic acids is 1. The Kier molecular flexibility index (Phi) is 8.25. The van der Waals surface area contributed by atoms with Crippen molar-refractivity contribution in [2.24, 2.45) is 33.5 Å². The lowest BCUT2D eigenvalue weighted by Gasteiger charge is -2.71. The molecule has 2 bridgehead atoms. The standard InChI is InChI=1S/C38H47F2NO5S/c1-34-11-7-25(43)19-36(34)14-15-38(28(20-36)33(45)24-5-6-29(39)30(40)18-24)31(34)8-12-35(2)32(38)9-13-37(35,46)23-41(21-26(44)22-42)16-10-27-4-3-17-47-27/h3-6,14-15,17-18,20,25-26,31-32,42-44,46H,7-13,16,19,21-23H2,1-2H3/t25?,26-,31+,32+,34+,35-,36-,37+,38+/m0/s1. The fraction of sp³-hybridized carbons (Fsp3) is 0.605. The average molecular weight is 668 g/mol. The van der Waals surface area contributed by atoms with Gasteiger partial charge in [0.25, 0.3) is 0 Å². The lowest BCUT2D eigenvalue weighted by molar-refractivity contribution is -0.177. The molecule has 2 aromatic rings. The molecule has 0 amide bonds. The normalized spacial score (nSPS) is 39.3. The Labute approximate surface area is 279 Å². The monoisotopic (exact) mass is 667 g/mol. The van der Waals surface area contributed by atoms with Crippen molar-refractivity contribution < 1.29 is 34.0 Å². The number of rotatable bonds is 10. The summed E-state index contributed by atoms with van der Waals surface area (Å²) >= 11 is 1.67. The number of hydrogen-bond donors (Lipinski definition) is 4. The van der Waals surface area contributed by atoms with E-state index in [-0.39, 0.29) is 41.7 Å². The first-order chi connectivity index (χ1) is 22.3. The number of aliphatic hydroxyl groups excluding tert-OH is 3. The number of Topliss-reactive ketones (excluding diaryl/α,β-unsaturated/α-hetero) is 1. The molecule has 0 radical (unpaired) electrons. The van der Waals surface area contributed by atoms with Crippen LogP contribution in [0.3, 0.4) is 0 Å². The maximum absolute atomic E-state index is 14.6. The third kappa shape index (κ3) is 4.89. The Hall–Kier alpha value is -2.27. The molecular weight excluding hydrogens is 620 g/mol. The molecule has 0 saturated heterocycles. The molecular formula is C38H47F2NO5S. The number of nitrogens with zero attached hydrogens (tertiary/aromatic N) is 1. The number of carbonyl (C=O) groups is 1. The van der Waals surface area contributed by atoms with Crippen molar-refractivity contribution in [2.45, 2.75) is 83.0 Å². The van der Waals surface area contributed by atoms with Crippen molar-refractivity contribution >= 4 is 17.1 Å². The molecule has 9 atom stereocenters. The van der Waals surface area contributed by atoms with Crippen LogP contribution >= 0.6 is 11.3 Å². The predicted molar refractivity (Wildman–Crippen MR) is 177 cm³/mol. The first-order valence-electron chi connectivity index (χ1n) is 17.2. The predicted octanol–water partition coefficient (Wildman–Crippen LogP) is 5.70. The van der Waals surface area contributed by atoms with Gasteiger partial charge >= 0.3 is 0 Å². The number of aliphatic hydroxyl groups is 4. The van der Waals surface area contributed by atoms with E-state index in [0.29, 0.717) is 44.3 Å². The van der Waals surface area contributed by atoms with Crippen LogP contribution in [0.2, 0.25) is 0 Å². The largest absolute Gasteiger partial charge is 0.394 e. The van der Waals surface area contributed by atoms with Gasteiger partial charge in [0.15, 0.2) is 17.4 Å². The quantitative estimate of drug-likeness (QED) is 0.192. The maximum atomic E-state index is 14.6. The first-order valence-corrected chi connectivity index (χ1v) is 18.1. The van der Waals surface area contributed by atoms with E-state index in [0.717, 1.165) is 37.8 Å². The molecule has 1 aromatic heterocycles. The zero-order chi connectivity index (χ0) is 33.4. The van der Waals surface area contributed by atoms with Gasteiger partial charge in [0, 0.05) is 51.9 Å². The van der Waals surface area contributed by atoms with Gasteiger partial charge in [0.2, 0.25) is 0 Å². The van der Waals surface area contributed by atoms with E-state index >= 15 is 0 Å². The number of thiophene rings is 1. The van der Waals surface area contributed by atoms with Crippen molar-refractivity contribution in [3.8, 4) is 0 Å². The molecule has 3 saturated carbocycles. The van der Waals surface area contributed by atoms with E-state index < -0.39 is 45.7 Å². The van der Waals surface area contributed by atoms with Gasteiger partial charge in [-0.05, 0) is 98.3 Å². The lowest BCUT2D eigenvalue weighted by Crippen LogP contribution is -2.67. The lowest BCUT2D eigenvalue weighted by atomic mass is 9.32. The van der Waals surface area contributed by atoms with Crippen LogP contribution in [0.25, 0.3) is 0 Å². The summed E-state index contributed by atoms with van der Waals surface area (Å²) in [7, 11) is 0. The second-order valence-corrected chi connectivity index (χ2v) is 16.7. The van der Waals surface area contributed by atoms with Gasteiger partial charge in [-0.25, -0.2) is 8.78 Å². The summed E-state index contributed by atoms with van der Waals surface area (Å²) < 4.78 is 28.5. The van der Waals surface area contributed by atoms with Crippen LogP contribution in [0.4, 0.5) is 8.78 Å². The van der Waals surface area contributed by atoms with Gasteiger partial charge in [-0.2, -0.15) is 0 Å².